The van der Waals surface area contributed by atoms with Crippen LogP contribution in [0.25, 0.3) is 0 Å². The van der Waals surface area contributed by atoms with E-state index >= 15 is 0 Å². The number of hydrogen-bond donors (Lipinski definition) is 3. The third-order valence-corrected chi connectivity index (χ3v) is 3.59. The standard InChI is InChI=1S/C18H23F3N6O2.HI/c1-22-16(26-11-12-29-14-5-3-13(28-2)4-6-14)24-9-10-25-17-23-8-7-15(27-17)18(19,20)21;/h3-8H,9-12H2,1-2H3,(H2,22,24,26)(H,23,25,27);1H. The van der Waals surface area contributed by atoms with Crippen molar-refractivity contribution < 1.29 is 22.6 Å². The molecule has 8 nitrogen and oxygen atoms in total. The lowest BCUT2D eigenvalue weighted by atomic mass is 10.3. The Kier molecular flexibility index (Phi) is 11.0. The Bertz CT molecular complexity index is 790. The fourth-order valence-corrected chi connectivity index (χ4v) is 2.19. The molecule has 1 aromatic carbocycles. The van der Waals surface area contributed by atoms with Gasteiger partial charge in [0.15, 0.2) is 5.96 Å². The highest BCUT2D eigenvalue weighted by atomic mass is 127. The van der Waals surface area contributed by atoms with Crippen molar-refractivity contribution in [1.82, 2.24) is 20.6 Å². The van der Waals surface area contributed by atoms with E-state index in [4.69, 9.17) is 9.47 Å². The van der Waals surface area contributed by atoms with Gasteiger partial charge in [0.25, 0.3) is 0 Å². The maximum atomic E-state index is 12.6. The summed E-state index contributed by atoms with van der Waals surface area (Å²) in [6, 6.07) is 8.07. The van der Waals surface area contributed by atoms with Crippen LogP contribution in [-0.4, -0.2) is 56.3 Å². The summed E-state index contributed by atoms with van der Waals surface area (Å²) in [5, 5.41) is 8.83. The molecule has 0 unspecified atom stereocenters. The van der Waals surface area contributed by atoms with E-state index in [0.717, 1.165) is 23.8 Å². The maximum Gasteiger partial charge on any atom is 0.433 e. The van der Waals surface area contributed by atoms with Gasteiger partial charge in [-0.2, -0.15) is 13.2 Å². The van der Waals surface area contributed by atoms with Crippen molar-refractivity contribution >= 4 is 35.9 Å². The number of nitrogens with one attached hydrogen (secondary N) is 3. The summed E-state index contributed by atoms with van der Waals surface area (Å²) in [6.07, 6.45) is -3.44. The summed E-state index contributed by atoms with van der Waals surface area (Å²) in [5.41, 5.74) is -0.989. The number of ether oxygens (including phenoxy) is 2. The Hall–Kier alpha value is -2.51. The summed E-state index contributed by atoms with van der Waals surface area (Å²) < 4.78 is 48.6. The number of rotatable bonds is 9. The fraction of sp³-hybridized carbons (Fsp3) is 0.389. The zero-order chi connectivity index (χ0) is 21.1. The number of benzene rings is 1. The molecule has 0 amide bonds. The first-order chi connectivity index (χ1) is 13.9. The molecule has 2 aromatic rings. The molecule has 2 rings (SSSR count). The summed E-state index contributed by atoms with van der Waals surface area (Å²) >= 11 is 0. The second-order valence-electron chi connectivity index (χ2n) is 5.64. The normalized spacial score (nSPS) is 11.3. The van der Waals surface area contributed by atoms with Crippen molar-refractivity contribution in [3.8, 4) is 11.5 Å². The van der Waals surface area contributed by atoms with Gasteiger partial charge in [0.1, 0.15) is 23.8 Å². The molecule has 12 heteroatoms. The van der Waals surface area contributed by atoms with Crippen molar-refractivity contribution in [3.63, 3.8) is 0 Å². The van der Waals surface area contributed by atoms with Crippen LogP contribution in [0.2, 0.25) is 0 Å². The van der Waals surface area contributed by atoms with E-state index in [9.17, 15) is 13.2 Å². The first kappa shape index (κ1) is 25.5. The van der Waals surface area contributed by atoms with Crippen molar-refractivity contribution in [2.75, 3.05) is 45.7 Å². The first-order valence-corrected chi connectivity index (χ1v) is 8.78. The molecular formula is C18H24F3IN6O2. The molecular weight excluding hydrogens is 516 g/mol. The van der Waals surface area contributed by atoms with Crippen LogP contribution < -0.4 is 25.4 Å². The highest BCUT2D eigenvalue weighted by Gasteiger charge is 2.32. The smallest absolute Gasteiger partial charge is 0.433 e. The molecule has 166 valence electrons. The minimum absolute atomic E-state index is 0. The van der Waals surface area contributed by atoms with Crippen LogP contribution in [0, 0.1) is 0 Å². The first-order valence-electron chi connectivity index (χ1n) is 8.78. The number of aliphatic imine (C=N–C) groups is 1. The summed E-state index contributed by atoms with van der Waals surface area (Å²) in [4.78, 5) is 11.3. The maximum absolute atomic E-state index is 12.6. The SMILES string of the molecule is CN=C(NCCNc1nccc(C(F)(F)F)n1)NCCOc1ccc(OC)cc1.I. The van der Waals surface area contributed by atoms with Crippen molar-refractivity contribution in [2.24, 2.45) is 4.99 Å². The Morgan fingerprint density at radius 1 is 1.03 bits per heavy atom. The van der Waals surface area contributed by atoms with Crippen LogP contribution in [0.5, 0.6) is 11.5 Å². The van der Waals surface area contributed by atoms with Crippen LogP contribution in [0.15, 0.2) is 41.5 Å². The van der Waals surface area contributed by atoms with Gasteiger partial charge in [-0.3, -0.25) is 4.99 Å². The highest BCUT2D eigenvalue weighted by Crippen LogP contribution is 2.27. The zero-order valence-electron chi connectivity index (χ0n) is 16.5. The van der Waals surface area contributed by atoms with Gasteiger partial charge in [0.05, 0.1) is 13.7 Å². The van der Waals surface area contributed by atoms with E-state index in [1.165, 1.54) is 0 Å². The summed E-state index contributed by atoms with van der Waals surface area (Å²) in [6.45, 7) is 1.64. The molecule has 3 N–H and O–H groups in total. The number of alkyl halides is 3. The zero-order valence-corrected chi connectivity index (χ0v) is 18.8. The van der Waals surface area contributed by atoms with E-state index in [1.807, 2.05) is 24.3 Å². The average Bonchev–Trinajstić information content (AvgIpc) is 2.72. The number of nitrogens with zero attached hydrogens (tertiary/aromatic N) is 3. The topological polar surface area (TPSA) is 92.7 Å². The number of halogens is 4. The molecule has 0 spiro atoms. The average molecular weight is 540 g/mol. The second-order valence-corrected chi connectivity index (χ2v) is 5.64. The lowest BCUT2D eigenvalue weighted by Gasteiger charge is -2.13. The highest BCUT2D eigenvalue weighted by molar-refractivity contribution is 14.0. The fourth-order valence-electron chi connectivity index (χ4n) is 2.19. The van der Waals surface area contributed by atoms with Crippen LogP contribution in [0.4, 0.5) is 19.1 Å². The lowest BCUT2D eigenvalue weighted by Crippen LogP contribution is -2.41. The quantitative estimate of drug-likeness (QED) is 0.195. The third-order valence-electron chi connectivity index (χ3n) is 3.59. The lowest BCUT2D eigenvalue weighted by molar-refractivity contribution is -0.141. The summed E-state index contributed by atoms with van der Waals surface area (Å²) in [5.74, 6) is 1.93. The number of guanidine groups is 1. The molecule has 30 heavy (non-hydrogen) atoms. The predicted molar refractivity (Wildman–Crippen MR) is 119 cm³/mol. The minimum atomic E-state index is -4.50. The molecule has 0 saturated heterocycles. The van der Waals surface area contributed by atoms with E-state index < -0.39 is 11.9 Å². The largest absolute Gasteiger partial charge is 0.497 e. The van der Waals surface area contributed by atoms with E-state index in [1.54, 1.807) is 14.2 Å². The van der Waals surface area contributed by atoms with Gasteiger partial charge >= 0.3 is 6.18 Å². The van der Waals surface area contributed by atoms with Crippen molar-refractivity contribution in [3.05, 3.63) is 42.2 Å². The van der Waals surface area contributed by atoms with Crippen molar-refractivity contribution in [2.45, 2.75) is 6.18 Å². The van der Waals surface area contributed by atoms with E-state index in [0.29, 0.717) is 32.2 Å². The molecule has 1 heterocycles. The number of aromatic nitrogens is 2. The molecule has 0 radical (unpaired) electrons. The Morgan fingerprint density at radius 3 is 2.33 bits per heavy atom. The monoisotopic (exact) mass is 540 g/mol. The molecule has 0 aliphatic heterocycles. The van der Waals surface area contributed by atoms with Gasteiger partial charge in [0, 0.05) is 26.3 Å². The molecule has 0 aliphatic carbocycles. The third kappa shape index (κ3) is 8.88. The van der Waals surface area contributed by atoms with Gasteiger partial charge in [0.2, 0.25) is 5.95 Å². The molecule has 0 saturated carbocycles. The van der Waals surface area contributed by atoms with E-state index in [-0.39, 0.29) is 29.9 Å². The van der Waals surface area contributed by atoms with Crippen LogP contribution in [-0.2, 0) is 6.18 Å². The van der Waals surface area contributed by atoms with Gasteiger partial charge < -0.3 is 25.4 Å². The predicted octanol–water partition coefficient (Wildman–Crippen LogP) is 2.78. The Labute approximate surface area is 189 Å². The van der Waals surface area contributed by atoms with Crippen molar-refractivity contribution in [1.29, 1.82) is 0 Å². The number of hydrogen-bond acceptors (Lipinski definition) is 6. The number of anilines is 1. The molecule has 1 aromatic heterocycles. The van der Waals surface area contributed by atoms with Crippen LogP contribution in [0.1, 0.15) is 5.69 Å². The Morgan fingerprint density at radius 2 is 1.70 bits per heavy atom. The number of methoxy groups -OCH3 is 1. The van der Waals surface area contributed by atoms with Gasteiger partial charge in [-0.1, -0.05) is 0 Å². The molecule has 0 fully saturated rings. The van der Waals surface area contributed by atoms with Gasteiger partial charge in [-0.15, -0.1) is 24.0 Å². The van der Waals surface area contributed by atoms with Gasteiger partial charge in [-0.25, -0.2) is 9.97 Å². The van der Waals surface area contributed by atoms with E-state index in [2.05, 4.69) is 30.9 Å². The molecule has 0 aliphatic rings. The van der Waals surface area contributed by atoms with Crippen LogP contribution >= 0.6 is 24.0 Å². The summed E-state index contributed by atoms with van der Waals surface area (Å²) in [7, 11) is 3.21. The minimum Gasteiger partial charge on any atom is -0.497 e. The Balaban J connectivity index is 0.00000450. The second kappa shape index (κ2) is 12.9. The molecule has 0 atom stereocenters. The van der Waals surface area contributed by atoms with Crippen LogP contribution in [0.3, 0.4) is 0 Å². The van der Waals surface area contributed by atoms with Gasteiger partial charge in [-0.05, 0) is 30.3 Å². The molecule has 0 bridgehead atoms.